The molecule has 1 aliphatic carbocycles. The molecular weight excluding hydrogens is 200 g/mol. The third-order valence-electron chi connectivity index (χ3n) is 2.85. The van der Waals surface area contributed by atoms with E-state index in [2.05, 4.69) is 4.99 Å². The molecule has 1 saturated heterocycles. The van der Waals surface area contributed by atoms with Crippen molar-refractivity contribution in [3.05, 3.63) is 0 Å². The summed E-state index contributed by atoms with van der Waals surface area (Å²) < 4.78 is 22.3. The molecule has 2 aliphatic rings. The lowest BCUT2D eigenvalue weighted by Gasteiger charge is -2.18. The molecule has 80 valence electrons. The molecule has 0 aromatic carbocycles. The van der Waals surface area contributed by atoms with Crippen molar-refractivity contribution in [2.75, 3.05) is 11.5 Å². The number of aliphatic imine (C=N–C) groups is 1. The molecule has 0 radical (unpaired) electrons. The van der Waals surface area contributed by atoms with Gasteiger partial charge in [-0.2, -0.15) is 0 Å². The Hall–Kier alpha value is -0.580. The number of amidine groups is 1. The molecule has 2 rings (SSSR count). The van der Waals surface area contributed by atoms with Gasteiger partial charge in [0, 0.05) is 5.92 Å². The van der Waals surface area contributed by atoms with Crippen LogP contribution in [0.25, 0.3) is 0 Å². The second-order valence-corrected chi connectivity index (χ2v) is 6.51. The summed E-state index contributed by atoms with van der Waals surface area (Å²) in [5, 5.41) is 0. The number of nitrogens with zero attached hydrogens (tertiary/aromatic N) is 1. The van der Waals surface area contributed by atoms with Crippen LogP contribution in [0.5, 0.6) is 0 Å². The van der Waals surface area contributed by atoms with Crippen LogP contribution in [0.1, 0.15) is 25.7 Å². The van der Waals surface area contributed by atoms with Crippen molar-refractivity contribution in [1.29, 1.82) is 0 Å². The van der Waals surface area contributed by atoms with E-state index in [-0.39, 0.29) is 17.5 Å². The van der Waals surface area contributed by atoms with Crippen molar-refractivity contribution < 1.29 is 8.42 Å². The highest BCUT2D eigenvalue weighted by atomic mass is 32.2. The Balaban J connectivity index is 1.92. The Kier molecular flexibility index (Phi) is 2.51. The fourth-order valence-electron chi connectivity index (χ4n) is 1.70. The maximum Gasteiger partial charge on any atom is 0.150 e. The maximum atomic E-state index is 11.1. The van der Waals surface area contributed by atoms with Crippen molar-refractivity contribution >= 4 is 15.7 Å². The Morgan fingerprint density at radius 1 is 1.14 bits per heavy atom. The van der Waals surface area contributed by atoms with E-state index in [1.54, 1.807) is 0 Å². The summed E-state index contributed by atoms with van der Waals surface area (Å²) >= 11 is 0. The number of hydrogen-bond donors (Lipinski definition) is 1. The Morgan fingerprint density at radius 2 is 1.71 bits per heavy atom. The first-order valence-electron chi connectivity index (χ1n) is 5.10. The van der Waals surface area contributed by atoms with Crippen LogP contribution in [0.3, 0.4) is 0 Å². The lowest BCUT2D eigenvalue weighted by molar-refractivity contribution is 0.547. The third-order valence-corrected chi connectivity index (χ3v) is 4.57. The zero-order valence-corrected chi connectivity index (χ0v) is 8.96. The first kappa shape index (κ1) is 9.96. The molecule has 0 spiro atoms. The van der Waals surface area contributed by atoms with Gasteiger partial charge >= 0.3 is 0 Å². The van der Waals surface area contributed by atoms with Crippen LogP contribution in [0.2, 0.25) is 0 Å². The van der Waals surface area contributed by atoms with Crippen LogP contribution in [0, 0.1) is 5.92 Å². The van der Waals surface area contributed by atoms with Gasteiger partial charge in [-0.05, 0) is 25.7 Å². The standard InChI is InChI=1S/C9H16N2O2S/c10-9(7-1-2-7)11-8-3-5-14(12,13)6-4-8/h7-8H,1-6H2,(H2,10,11). The van der Waals surface area contributed by atoms with Gasteiger partial charge in [-0.15, -0.1) is 0 Å². The van der Waals surface area contributed by atoms with Gasteiger partial charge in [-0.25, -0.2) is 8.42 Å². The average molecular weight is 216 g/mol. The fraction of sp³-hybridized carbons (Fsp3) is 0.889. The van der Waals surface area contributed by atoms with Crippen molar-refractivity contribution in [3.8, 4) is 0 Å². The topological polar surface area (TPSA) is 72.5 Å². The fourth-order valence-corrected chi connectivity index (χ4v) is 3.17. The predicted octanol–water partition coefficient (Wildman–Crippen LogP) is 0.331. The van der Waals surface area contributed by atoms with Gasteiger partial charge in [0.15, 0.2) is 0 Å². The summed E-state index contributed by atoms with van der Waals surface area (Å²) in [7, 11) is -2.77. The highest BCUT2D eigenvalue weighted by Gasteiger charge is 2.28. The van der Waals surface area contributed by atoms with Crippen LogP contribution in [-0.4, -0.2) is 31.8 Å². The van der Waals surface area contributed by atoms with Gasteiger partial charge < -0.3 is 5.73 Å². The number of sulfone groups is 1. The van der Waals surface area contributed by atoms with E-state index in [0.29, 0.717) is 18.8 Å². The molecule has 0 aromatic heterocycles. The molecule has 4 nitrogen and oxygen atoms in total. The third kappa shape index (κ3) is 2.47. The number of nitrogens with two attached hydrogens (primary N) is 1. The van der Waals surface area contributed by atoms with Gasteiger partial charge in [-0.1, -0.05) is 0 Å². The minimum absolute atomic E-state index is 0.152. The Morgan fingerprint density at radius 3 is 2.21 bits per heavy atom. The second-order valence-electron chi connectivity index (χ2n) is 4.21. The molecule has 0 bridgehead atoms. The van der Waals surface area contributed by atoms with Crippen molar-refractivity contribution in [2.45, 2.75) is 31.7 Å². The van der Waals surface area contributed by atoms with E-state index < -0.39 is 9.84 Å². The SMILES string of the molecule is NC(=NC1CCS(=O)(=O)CC1)C1CC1. The van der Waals surface area contributed by atoms with Crippen molar-refractivity contribution in [1.82, 2.24) is 0 Å². The Labute approximate surface area is 84.5 Å². The van der Waals surface area contributed by atoms with Crippen LogP contribution in [-0.2, 0) is 9.84 Å². The molecule has 2 fully saturated rings. The van der Waals surface area contributed by atoms with E-state index in [9.17, 15) is 8.42 Å². The smallest absolute Gasteiger partial charge is 0.150 e. The first-order chi connectivity index (χ1) is 6.57. The predicted molar refractivity (Wildman–Crippen MR) is 56.0 cm³/mol. The molecule has 0 atom stereocenters. The summed E-state index contributed by atoms with van der Waals surface area (Å²) in [5.74, 6) is 1.79. The minimum atomic E-state index is -2.77. The average Bonchev–Trinajstić information content (AvgIpc) is 2.91. The van der Waals surface area contributed by atoms with Crippen molar-refractivity contribution in [3.63, 3.8) is 0 Å². The molecule has 0 aromatic rings. The van der Waals surface area contributed by atoms with Crippen LogP contribution in [0.4, 0.5) is 0 Å². The highest BCUT2D eigenvalue weighted by molar-refractivity contribution is 7.91. The van der Waals surface area contributed by atoms with Gasteiger partial charge in [-0.3, -0.25) is 4.99 Å². The monoisotopic (exact) mass is 216 g/mol. The van der Waals surface area contributed by atoms with Crippen molar-refractivity contribution in [2.24, 2.45) is 16.6 Å². The van der Waals surface area contributed by atoms with Gasteiger partial charge in [0.05, 0.1) is 23.4 Å². The molecular formula is C9H16N2O2S. The molecule has 14 heavy (non-hydrogen) atoms. The largest absolute Gasteiger partial charge is 0.387 e. The lowest BCUT2D eigenvalue weighted by Crippen LogP contribution is -2.28. The summed E-state index contributed by atoms with van der Waals surface area (Å²) in [6.07, 6.45) is 3.60. The summed E-state index contributed by atoms with van der Waals surface area (Å²) in [6.45, 7) is 0. The molecule has 0 amide bonds. The molecule has 2 N–H and O–H groups in total. The number of rotatable bonds is 2. The maximum absolute atomic E-state index is 11.1. The lowest BCUT2D eigenvalue weighted by atomic mass is 10.2. The normalized spacial score (nSPS) is 29.0. The quantitative estimate of drug-likeness (QED) is 0.534. The Bertz CT molecular complexity index is 330. The summed E-state index contributed by atoms with van der Waals surface area (Å²) in [6, 6.07) is 0.152. The summed E-state index contributed by atoms with van der Waals surface area (Å²) in [4.78, 5) is 4.39. The van der Waals surface area contributed by atoms with Crippen LogP contribution >= 0.6 is 0 Å². The van der Waals surface area contributed by atoms with Gasteiger partial charge in [0.2, 0.25) is 0 Å². The first-order valence-corrected chi connectivity index (χ1v) is 6.92. The second kappa shape index (κ2) is 3.53. The zero-order valence-electron chi connectivity index (χ0n) is 8.15. The molecule has 0 unspecified atom stereocenters. The van der Waals surface area contributed by atoms with E-state index in [0.717, 1.165) is 18.7 Å². The van der Waals surface area contributed by atoms with Gasteiger partial charge in [0.1, 0.15) is 9.84 Å². The highest BCUT2D eigenvalue weighted by Crippen LogP contribution is 2.29. The molecule has 1 heterocycles. The van der Waals surface area contributed by atoms with Crippen LogP contribution in [0.15, 0.2) is 4.99 Å². The van der Waals surface area contributed by atoms with E-state index in [1.165, 1.54) is 0 Å². The van der Waals surface area contributed by atoms with Gasteiger partial charge in [0.25, 0.3) is 0 Å². The molecule has 5 heteroatoms. The summed E-state index contributed by atoms with van der Waals surface area (Å²) in [5.41, 5.74) is 5.78. The number of hydrogen-bond acceptors (Lipinski definition) is 3. The van der Waals surface area contributed by atoms with E-state index >= 15 is 0 Å². The van der Waals surface area contributed by atoms with E-state index in [4.69, 9.17) is 5.73 Å². The van der Waals surface area contributed by atoms with Crippen LogP contribution < -0.4 is 5.73 Å². The minimum Gasteiger partial charge on any atom is -0.387 e. The zero-order chi connectivity index (χ0) is 10.2. The van der Waals surface area contributed by atoms with E-state index in [1.807, 2.05) is 0 Å². The molecule has 1 saturated carbocycles. The molecule has 1 aliphatic heterocycles.